The predicted molar refractivity (Wildman–Crippen MR) is 98.5 cm³/mol. The lowest BCUT2D eigenvalue weighted by atomic mass is 10.3. The Hall–Kier alpha value is -2.10. The Morgan fingerprint density at radius 1 is 0.800 bits per heavy atom. The largest absolute Gasteiger partial charge is 0.291 e. The lowest BCUT2D eigenvalue weighted by Gasteiger charge is -1.97. The molecule has 126 valence electrons. The first-order valence-corrected chi connectivity index (χ1v) is 9.99. The SMILES string of the molecule is O=C(CSc1nnc(SCC(=O)c2ccccn2)s1)c1ccccn1. The van der Waals surface area contributed by atoms with Gasteiger partial charge in [-0.2, -0.15) is 0 Å². The molecule has 0 aliphatic heterocycles. The zero-order valence-electron chi connectivity index (χ0n) is 12.9. The minimum absolute atomic E-state index is 0.0552. The van der Waals surface area contributed by atoms with Gasteiger partial charge in [0.15, 0.2) is 20.2 Å². The fourth-order valence-electron chi connectivity index (χ4n) is 1.77. The third-order valence-corrected chi connectivity index (χ3v) is 6.13. The van der Waals surface area contributed by atoms with Crippen LogP contribution in [0.25, 0.3) is 0 Å². The van der Waals surface area contributed by atoms with E-state index in [0.29, 0.717) is 20.1 Å². The lowest BCUT2D eigenvalue weighted by molar-refractivity contribution is 0.101. The van der Waals surface area contributed by atoms with Gasteiger partial charge in [0.25, 0.3) is 0 Å². The van der Waals surface area contributed by atoms with Gasteiger partial charge in [0.1, 0.15) is 11.4 Å². The molecule has 0 saturated heterocycles. The standard InChI is InChI=1S/C16H12N4O2S3/c21-13(11-5-1-3-7-17-11)9-23-15-19-20-16(25-15)24-10-14(22)12-6-2-4-8-18-12/h1-8H,9-10H2. The summed E-state index contributed by atoms with van der Waals surface area (Å²) >= 11 is 4.00. The third kappa shape index (κ3) is 5.18. The Balaban J connectivity index is 1.49. The molecular weight excluding hydrogens is 376 g/mol. The van der Waals surface area contributed by atoms with Crippen molar-refractivity contribution in [2.75, 3.05) is 11.5 Å². The second-order valence-electron chi connectivity index (χ2n) is 4.69. The van der Waals surface area contributed by atoms with Crippen LogP contribution in [-0.2, 0) is 0 Å². The normalized spacial score (nSPS) is 10.6. The Bertz CT molecular complexity index is 786. The van der Waals surface area contributed by atoms with E-state index in [-0.39, 0.29) is 23.1 Å². The molecule has 0 radical (unpaired) electrons. The molecule has 9 heteroatoms. The topological polar surface area (TPSA) is 85.7 Å². The number of hydrogen-bond acceptors (Lipinski definition) is 9. The summed E-state index contributed by atoms with van der Waals surface area (Å²) in [6.45, 7) is 0. The Labute approximate surface area is 156 Å². The molecule has 0 aromatic carbocycles. The molecule has 0 unspecified atom stereocenters. The van der Waals surface area contributed by atoms with Crippen molar-refractivity contribution < 1.29 is 9.59 Å². The highest BCUT2D eigenvalue weighted by Gasteiger charge is 2.13. The second kappa shape index (κ2) is 8.84. The molecule has 0 amide bonds. The van der Waals surface area contributed by atoms with E-state index in [4.69, 9.17) is 0 Å². The van der Waals surface area contributed by atoms with Gasteiger partial charge >= 0.3 is 0 Å². The number of carbonyl (C=O) groups excluding carboxylic acids is 2. The molecule has 3 heterocycles. The predicted octanol–water partition coefficient (Wildman–Crippen LogP) is 3.28. The molecule has 6 nitrogen and oxygen atoms in total. The van der Waals surface area contributed by atoms with Crippen LogP contribution in [0.5, 0.6) is 0 Å². The van der Waals surface area contributed by atoms with Crippen molar-refractivity contribution in [3.63, 3.8) is 0 Å². The van der Waals surface area contributed by atoms with E-state index in [0.717, 1.165) is 0 Å². The summed E-state index contributed by atoms with van der Waals surface area (Å²) in [7, 11) is 0. The van der Waals surface area contributed by atoms with E-state index < -0.39 is 0 Å². The number of hydrogen-bond donors (Lipinski definition) is 0. The summed E-state index contributed by atoms with van der Waals surface area (Å²) < 4.78 is 1.38. The molecule has 0 bridgehead atoms. The molecule has 3 rings (SSSR count). The van der Waals surface area contributed by atoms with Gasteiger partial charge in [-0.1, -0.05) is 47.0 Å². The van der Waals surface area contributed by atoms with Gasteiger partial charge in [-0.25, -0.2) is 0 Å². The molecular formula is C16H12N4O2S3. The number of ketones is 2. The average Bonchev–Trinajstić information content (AvgIpc) is 3.13. The van der Waals surface area contributed by atoms with Crippen molar-refractivity contribution in [2.24, 2.45) is 0 Å². The van der Waals surface area contributed by atoms with Gasteiger partial charge < -0.3 is 0 Å². The van der Waals surface area contributed by atoms with Gasteiger partial charge in [0.05, 0.1) is 11.5 Å². The van der Waals surface area contributed by atoms with Gasteiger partial charge in [0.2, 0.25) is 0 Å². The van der Waals surface area contributed by atoms with Crippen molar-refractivity contribution in [1.29, 1.82) is 0 Å². The third-order valence-electron chi connectivity index (χ3n) is 2.94. The molecule has 0 aliphatic carbocycles. The number of aromatic nitrogens is 4. The Morgan fingerprint density at radius 2 is 1.28 bits per heavy atom. The van der Waals surface area contributed by atoms with Crippen LogP contribution in [0.1, 0.15) is 21.0 Å². The fourth-order valence-corrected chi connectivity index (χ4v) is 4.54. The van der Waals surface area contributed by atoms with Crippen LogP contribution in [0.15, 0.2) is 57.5 Å². The zero-order chi connectivity index (χ0) is 17.5. The molecule has 0 spiro atoms. The highest BCUT2D eigenvalue weighted by atomic mass is 32.2. The van der Waals surface area contributed by atoms with Gasteiger partial charge in [-0.05, 0) is 24.3 Å². The lowest BCUT2D eigenvalue weighted by Crippen LogP contribution is -2.04. The minimum Gasteiger partial charge on any atom is -0.291 e. The van der Waals surface area contributed by atoms with Crippen LogP contribution in [0.3, 0.4) is 0 Å². The number of thioether (sulfide) groups is 2. The van der Waals surface area contributed by atoms with Crippen molar-refractivity contribution in [3.05, 3.63) is 60.2 Å². The van der Waals surface area contributed by atoms with Crippen LogP contribution >= 0.6 is 34.9 Å². The Kier molecular flexibility index (Phi) is 6.26. The van der Waals surface area contributed by atoms with Crippen LogP contribution in [0.2, 0.25) is 0 Å². The fraction of sp³-hybridized carbons (Fsp3) is 0.125. The first-order valence-electron chi connectivity index (χ1n) is 7.20. The van der Waals surface area contributed by atoms with E-state index in [9.17, 15) is 9.59 Å². The first-order chi connectivity index (χ1) is 12.2. The molecule has 3 aromatic rings. The highest BCUT2D eigenvalue weighted by Crippen LogP contribution is 2.29. The zero-order valence-corrected chi connectivity index (χ0v) is 15.3. The molecule has 3 aromatic heterocycles. The molecule has 0 saturated carbocycles. The second-order valence-corrected chi connectivity index (χ2v) is 8.11. The number of nitrogens with zero attached hydrogens (tertiary/aromatic N) is 4. The van der Waals surface area contributed by atoms with Crippen LogP contribution in [0.4, 0.5) is 0 Å². The smallest absolute Gasteiger partial charge is 0.191 e. The van der Waals surface area contributed by atoms with Gasteiger partial charge in [0, 0.05) is 12.4 Å². The van der Waals surface area contributed by atoms with E-state index in [1.54, 1.807) is 48.8 Å². The number of rotatable bonds is 8. The number of carbonyl (C=O) groups is 2. The quantitative estimate of drug-likeness (QED) is 0.429. The van der Waals surface area contributed by atoms with Crippen molar-refractivity contribution >= 4 is 46.4 Å². The average molecular weight is 388 g/mol. The van der Waals surface area contributed by atoms with E-state index >= 15 is 0 Å². The first kappa shape index (κ1) is 17.7. The number of pyridine rings is 2. The summed E-state index contributed by atoms with van der Waals surface area (Å²) in [6, 6.07) is 10.5. The van der Waals surface area contributed by atoms with Gasteiger partial charge in [-0.15, -0.1) is 10.2 Å². The number of Topliss-reactive ketones (excluding diaryl/α,β-unsaturated/α-hetero) is 2. The summed E-state index contributed by atoms with van der Waals surface area (Å²) in [5.41, 5.74) is 0.880. The minimum atomic E-state index is -0.0552. The molecule has 0 N–H and O–H groups in total. The maximum atomic E-state index is 12.0. The maximum absolute atomic E-state index is 12.0. The molecule has 0 atom stereocenters. The van der Waals surface area contributed by atoms with Crippen LogP contribution in [0, 0.1) is 0 Å². The molecule has 0 aliphatic rings. The summed E-state index contributed by atoms with van der Waals surface area (Å²) in [6.07, 6.45) is 3.19. The molecule has 25 heavy (non-hydrogen) atoms. The van der Waals surface area contributed by atoms with E-state index in [1.807, 2.05) is 0 Å². The van der Waals surface area contributed by atoms with Gasteiger partial charge in [-0.3, -0.25) is 19.6 Å². The van der Waals surface area contributed by atoms with E-state index in [1.165, 1.54) is 34.9 Å². The Morgan fingerprint density at radius 3 is 1.68 bits per heavy atom. The van der Waals surface area contributed by atoms with Crippen molar-refractivity contribution in [2.45, 2.75) is 8.68 Å². The summed E-state index contributed by atoms with van der Waals surface area (Å²) in [4.78, 5) is 32.1. The van der Waals surface area contributed by atoms with Crippen molar-refractivity contribution in [3.8, 4) is 0 Å². The van der Waals surface area contributed by atoms with Crippen LogP contribution < -0.4 is 0 Å². The summed E-state index contributed by atoms with van der Waals surface area (Å²) in [5, 5.41) is 8.09. The monoisotopic (exact) mass is 388 g/mol. The van der Waals surface area contributed by atoms with Crippen LogP contribution in [-0.4, -0.2) is 43.2 Å². The summed E-state index contributed by atoms with van der Waals surface area (Å²) in [5.74, 6) is 0.396. The molecule has 0 fully saturated rings. The maximum Gasteiger partial charge on any atom is 0.191 e. The van der Waals surface area contributed by atoms with Crippen molar-refractivity contribution in [1.82, 2.24) is 20.2 Å². The van der Waals surface area contributed by atoms with E-state index in [2.05, 4.69) is 20.2 Å². The highest BCUT2D eigenvalue weighted by molar-refractivity contribution is 8.03.